The van der Waals surface area contributed by atoms with Crippen molar-refractivity contribution in [3.8, 4) is 5.88 Å². The third-order valence-electron chi connectivity index (χ3n) is 3.73. The standard InChI is InChI=1S/C17H26N2O4/c1-3-21-16-10-14(7-8-18-16)11-19-17(20)13(2)23-12-15-6-4-5-9-22-15/h7-8,10,13,15H,3-6,9,11-12H2,1-2H3,(H,19,20). The van der Waals surface area contributed by atoms with E-state index in [1.807, 2.05) is 19.1 Å². The number of nitrogens with zero attached hydrogens (tertiary/aromatic N) is 1. The fourth-order valence-electron chi connectivity index (χ4n) is 2.39. The number of aromatic nitrogens is 1. The van der Waals surface area contributed by atoms with Gasteiger partial charge in [-0.05, 0) is 44.7 Å². The number of rotatable bonds is 8. The summed E-state index contributed by atoms with van der Waals surface area (Å²) in [6.45, 7) is 5.92. The molecule has 2 heterocycles. The van der Waals surface area contributed by atoms with Crippen LogP contribution in [0.25, 0.3) is 0 Å². The van der Waals surface area contributed by atoms with Crippen LogP contribution in [-0.4, -0.2) is 42.9 Å². The van der Waals surface area contributed by atoms with Crippen LogP contribution in [0.4, 0.5) is 0 Å². The molecule has 23 heavy (non-hydrogen) atoms. The molecule has 2 unspecified atom stereocenters. The van der Waals surface area contributed by atoms with E-state index in [-0.39, 0.29) is 12.0 Å². The van der Waals surface area contributed by atoms with Gasteiger partial charge in [0.2, 0.25) is 11.8 Å². The van der Waals surface area contributed by atoms with Gasteiger partial charge in [0.1, 0.15) is 6.10 Å². The average molecular weight is 322 g/mol. The lowest BCUT2D eigenvalue weighted by atomic mass is 10.1. The number of amides is 1. The van der Waals surface area contributed by atoms with Crippen LogP contribution < -0.4 is 10.1 Å². The molecule has 1 N–H and O–H groups in total. The van der Waals surface area contributed by atoms with Gasteiger partial charge in [-0.15, -0.1) is 0 Å². The van der Waals surface area contributed by atoms with Gasteiger partial charge in [0.05, 0.1) is 19.3 Å². The van der Waals surface area contributed by atoms with Crippen molar-refractivity contribution >= 4 is 5.91 Å². The van der Waals surface area contributed by atoms with E-state index in [4.69, 9.17) is 14.2 Å². The summed E-state index contributed by atoms with van der Waals surface area (Å²) in [5.74, 6) is 0.438. The quantitative estimate of drug-likeness (QED) is 0.793. The van der Waals surface area contributed by atoms with E-state index in [9.17, 15) is 4.79 Å². The fraction of sp³-hybridized carbons (Fsp3) is 0.647. The number of hydrogen-bond donors (Lipinski definition) is 1. The molecule has 0 radical (unpaired) electrons. The molecule has 1 saturated heterocycles. The summed E-state index contributed by atoms with van der Waals surface area (Å²) in [7, 11) is 0. The van der Waals surface area contributed by atoms with E-state index in [1.165, 1.54) is 6.42 Å². The zero-order valence-electron chi connectivity index (χ0n) is 13.9. The Hall–Kier alpha value is -1.66. The smallest absolute Gasteiger partial charge is 0.249 e. The second-order valence-corrected chi connectivity index (χ2v) is 5.62. The van der Waals surface area contributed by atoms with E-state index in [0.717, 1.165) is 25.0 Å². The van der Waals surface area contributed by atoms with Crippen LogP contribution in [0.15, 0.2) is 18.3 Å². The Kier molecular flexibility index (Phi) is 7.29. The molecule has 2 rings (SSSR count). The third-order valence-corrected chi connectivity index (χ3v) is 3.73. The van der Waals surface area contributed by atoms with Gasteiger partial charge in [-0.2, -0.15) is 0 Å². The number of carbonyl (C=O) groups is 1. The minimum Gasteiger partial charge on any atom is -0.478 e. The summed E-state index contributed by atoms with van der Waals surface area (Å²) in [6, 6.07) is 3.68. The Labute approximate surface area is 137 Å². The second-order valence-electron chi connectivity index (χ2n) is 5.62. The monoisotopic (exact) mass is 322 g/mol. The Morgan fingerprint density at radius 1 is 1.52 bits per heavy atom. The summed E-state index contributed by atoms with van der Waals surface area (Å²) in [6.07, 6.45) is 4.58. The molecule has 1 fully saturated rings. The third kappa shape index (κ3) is 6.15. The molecular formula is C17H26N2O4. The first-order valence-electron chi connectivity index (χ1n) is 8.27. The van der Waals surface area contributed by atoms with E-state index in [0.29, 0.717) is 25.6 Å². The molecule has 0 saturated carbocycles. The molecule has 1 aliphatic rings. The largest absolute Gasteiger partial charge is 0.478 e. The summed E-state index contributed by atoms with van der Waals surface area (Å²) in [5.41, 5.74) is 0.944. The summed E-state index contributed by atoms with van der Waals surface area (Å²) < 4.78 is 16.6. The van der Waals surface area contributed by atoms with Crippen molar-refractivity contribution < 1.29 is 19.0 Å². The molecule has 1 amide bonds. The zero-order chi connectivity index (χ0) is 16.5. The minimum atomic E-state index is -0.492. The molecule has 0 aromatic carbocycles. The minimum absolute atomic E-state index is 0.118. The predicted octanol–water partition coefficient (Wildman–Crippen LogP) is 2.07. The van der Waals surface area contributed by atoms with Crippen molar-refractivity contribution in [3.63, 3.8) is 0 Å². The topological polar surface area (TPSA) is 69.7 Å². The van der Waals surface area contributed by atoms with E-state index >= 15 is 0 Å². The molecule has 2 atom stereocenters. The Morgan fingerprint density at radius 3 is 3.13 bits per heavy atom. The highest BCUT2D eigenvalue weighted by molar-refractivity contribution is 5.80. The number of carbonyl (C=O) groups excluding carboxylic acids is 1. The van der Waals surface area contributed by atoms with E-state index in [2.05, 4.69) is 10.3 Å². The van der Waals surface area contributed by atoms with Crippen molar-refractivity contribution in [2.45, 2.75) is 51.9 Å². The maximum absolute atomic E-state index is 12.1. The molecule has 6 heteroatoms. The van der Waals surface area contributed by atoms with Gasteiger partial charge in [-0.25, -0.2) is 4.98 Å². The van der Waals surface area contributed by atoms with Gasteiger partial charge in [0.15, 0.2) is 0 Å². The van der Waals surface area contributed by atoms with Crippen molar-refractivity contribution in [2.24, 2.45) is 0 Å². The van der Waals surface area contributed by atoms with Crippen LogP contribution in [0, 0.1) is 0 Å². The zero-order valence-corrected chi connectivity index (χ0v) is 13.9. The molecule has 1 aliphatic heterocycles. The highest BCUT2D eigenvalue weighted by Gasteiger charge is 2.18. The van der Waals surface area contributed by atoms with Crippen molar-refractivity contribution in [1.29, 1.82) is 0 Å². The maximum Gasteiger partial charge on any atom is 0.249 e. The molecule has 0 aliphatic carbocycles. The first kappa shape index (κ1) is 17.7. The highest BCUT2D eigenvalue weighted by atomic mass is 16.5. The van der Waals surface area contributed by atoms with Gasteiger partial charge < -0.3 is 19.5 Å². The Balaban J connectivity index is 1.71. The van der Waals surface area contributed by atoms with Crippen LogP contribution in [-0.2, 0) is 20.8 Å². The molecule has 0 bridgehead atoms. The normalized spacial score (nSPS) is 19.1. The van der Waals surface area contributed by atoms with Crippen molar-refractivity contribution in [2.75, 3.05) is 19.8 Å². The predicted molar refractivity (Wildman–Crippen MR) is 86.3 cm³/mol. The van der Waals surface area contributed by atoms with Crippen LogP contribution in [0.5, 0.6) is 5.88 Å². The first-order chi connectivity index (χ1) is 11.2. The summed E-state index contributed by atoms with van der Waals surface area (Å²) in [5, 5.41) is 2.87. The maximum atomic E-state index is 12.1. The van der Waals surface area contributed by atoms with Crippen LogP contribution >= 0.6 is 0 Å². The lowest BCUT2D eigenvalue weighted by Gasteiger charge is -2.23. The number of hydrogen-bond acceptors (Lipinski definition) is 5. The Morgan fingerprint density at radius 2 is 2.39 bits per heavy atom. The lowest BCUT2D eigenvalue weighted by Crippen LogP contribution is -2.36. The molecule has 0 spiro atoms. The van der Waals surface area contributed by atoms with Crippen LogP contribution in [0.3, 0.4) is 0 Å². The molecular weight excluding hydrogens is 296 g/mol. The lowest BCUT2D eigenvalue weighted by molar-refractivity contribution is -0.135. The van der Waals surface area contributed by atoms with Gasteiger partial charge in [0.25, 0.3) is 0 Å². The Bertz CT molecular complexity index is 489. The summed E-state index contributed by atoms with van der Waals surface area (Å²) >= 11 is 0. The SMILES string of the molecule is CCOc1cc(CNC(=O)C(C)OCC2CCCCO2)ccn1. The van der Waals surface area contributed by atoms with Crippen molar-refractivity contribution in [3.05, 3.63) is 23.9 Å². The second kappa shape index (κ2) is 9.47. The highest BCUT2D eigenvalue weighted by Crippen LogP contribution is 2.13. The van der Waals surface area contributed by atoms with Crippen LogP contribution in [0.2, 0.25) is 0 Å². The van der Waals surface area contributed by atoms with Gasteiger partial charge >= 0.3 is 0 Å². The van der Waals surface area contributed by atoms with Gasteiger partial charge in [-0.1, -0.05) is 0 Å². The van der Waals surface area contributed by atoms with Gasteiger partial charge in [0, 0.05) is 25.4 Å². The molecule has 1 aromatic rings. The average Bonchev–Trinajstić information content (AvgIpc) is 2.59. The number of pyridine rings is 1. The molecule has 128 valence electrons. The van der Waals surface area contributed by atoms with Crippen molar-refractivity contribution in [1.82, 2.24) is 10.3 Å². The van der Waals surface area contributed by atoms with E-state index in [1.54, 1.807) is 13.1 Å². The fourth-order valence-corrected chi connectivity index (χ4v) is 2.39. The number of nitrogens with one attached hydrogen (secondary N) is 1. The van der Waals surface area contributed by atoms with Crippen LogP contribution in [0.1, 0.15) is 38.7 Å². The molecule has 6 nitrogen and oxygen atoms in total. The first-order valence-corrected chi connectivity index (χ1v) is 8.27. The van der Waals surface area contributed by atoms with Gasteiger partial charge in [-0.3, -0.25) is 4.79 Å². The molecule has 1 aromatic heterocycles. The summed E-state index contributed by atoms with van der Waals surface area (Å²) in [4.78, 5) is 16.2. The number of ether oxygens (including phenoxy) is 3. The van der Waals surface area contributed by atoms with E-state index < -0.39 is 6.10 Å².